The third-order valence-corrected chi connectivity index (χ3v) is 5.38. The van der Waals surface area contributed by atoms with E-state index < -0.39 is 10.0 Å². The number of hydrogen-bond donors (Lipinski definition) is 2. The molecule has 25 heavy (non-hydrogen) atoms. The van der Waals surface area contributed by atoms with E-state index in [1.165, 1.54) is 0 Å². The van der Waals surface area contributed by atoms with Crippen molar-refractivity contribution in [1.82, 2.24) is 4.98 Å². The van der Waals surface area contributed by atoms with Crippen molar-refractivity contribution < 1.29 is 8.42 Å². The largest absolute Gasteiger partial charge is 0.353 e. The number of nitrogens with one attached hydrogen (secondary N) is 2. The summed E-state index contributed by atoms with van der Waals surface area (Å²) in [4.78, 5) is 4.38. The second-order valence-electron chi connectivity index (χ2n) is 5.41. The van der Waals surface area contributed by atoms with Crippen molar-refractivity contribution >= 4 is 38.8 Å². The first-order chi connectivity index (χ1) is 12.0. The lowest BCUT2D eigenvalue weighted by molar-refractivity contribution is 0.600. The Hall–Kier alpha value is -2.57. The average Bonchev–Trinajstić information content (AvgIpc) is 2.58. The average molecular weight is 374 g/mol. The zero-order valence-corrected chi connectivity index (χ0v) is 15.0. The Labute approximate surface area is 151 Å². The Morgan fingerprint density at radius 1 is 0.960 bits per heavy atom. The van der Waals surface area contributed by atoms with Crippen LogP contribution in [0.4, 0.5) is 17.2 Å². The van der Waals surface area contributed by atoms with Crippen LogP contribution in [0.15, 0.2) is 71.8 Å². The first kappa shape index (κ1) is 17.3. The number of benzene rings is 2. The predicted molar refractivity (Wildman–Crippen MR) is 101 cm³/mol. The van der Waals surface area contributed by atoms with Gasteiger partial charge in [-0.25, -0.2) is 13.4 Å². The number of anilines is 3. The summed E-state index contributed by atoms with van der Waals surface area (Å²) in [6.45, 7) is 1.75. The molecule has 0 spiro atoms. The van der Waals surface area contributed by atoms with Crippen molar-refractivity contribution in [2.24, 2.45) is 0 Å². The molecule has 0 atom stereocenters. The van der Waals surface area contributed by atoms with E-state index in [1.807, 2.05) is 18.2 Å². The van der Waals surface area contributed by atoms with Crippen molar-refractivity contribution in [3.05, 3.63) is 77.4 Å². The molecule has 0 saturated carbocycles. The molecule has 0 amide bonds. The highest BCUT2D eigenvalue weighted by Crippen LogP contribution is 2.25. The first-order valence-corrected chi connectivity index (χ1v) is 9.38. The van der Waals surface area contributed by atoms with Crippen LogP contribution in [0, 0.1) is 6.92 Å². The van der Waals surface area contributed by atoms with Gasteiger partial charge in [0.2, 0.25) is 0 Å². The van der Waals surface area contributed by atoms with Crippen LogP contribution >= 0.6 is 11.6 Å². The minimum Gasteiger partial charge on any atom is -0.353 e. The lowest BCUT2D eigenvalue weighted by atomic mass is 10.2. The van der Waals surface area contributed by atoms with Gasteiger partial charge in [0.05, 0.1) is 27.5 Å². The fourth-order valence-corrected chi connectivity index (χ4v) is 3.74. The van der Waals surface area contributed by atoms with Gasteiger partial charge in [-0.15, -0.1) is 0 Å². The molecule has 0 aliphatic heterocycles. The van der Waals surface area contributed by atoms with E-state index in [-0.39, 0.29) is 10.7 Å². The summed E-state index contributed by atoms with van der Waals surface area (Å²) in [7, 11) is -3.68. The van der Waals surface area contributed by atoms with Gasteiger partial charge in [0.25, 0.3) is 10.0 Å². The standard InChI is InChI=1S/C18H16ClN3O2S/c1-13-6-2-5-9-17(13)25(23,24)22-18-11-10-14(12-20-18)21-16-8-4-3-7-15(16)19/h2-12,21H,1H3,(H,20,22). The van der Waals surface area contributed by atoms with Crippen LogP contribution in [0.2, 0.25) is 5.02 Å². The lowest BCUT2D eigenvalue weighted by Gasteiger charge is -2.11. The van der Waals surface area contributed by atoms with Crippen molar-refractivity contribution in [1.29, 1.82) is 0 Å². The van der Waals surface area contributed by atoms with Gasteiger partial charge in [0.15, 0.2) is 0 Å². The Morgan fingerprint density at radius 3 is 2.36 bits per heavy atom. The minimum atomic E-state index is -3.68. The SMILES string of the molecule is Cc1ccccc1S(=O)(=O)Nc1ccc(Nc2ccccc2Cl)cn1. The third kappa shape index (κ3) is 4.10. The molecule has 0 radical (unpaired) electrons. The molecule has 128 valence electrons. The summed E-state index contributed by atoms with van der Waals surface area (Å²) in [6, 6.07) is 17.4. The smallest absolute Gasteiger partial charge is 0.263 e. The summed E-state index contributed by atoms with van der Waals surface area (Å²) in [5.74, 6) is 0.243. The molecule has 3 aromatic rings. The Kier molecular flexibility index (Phi) is 4.92. The van der Waals surface area contributed by atoms with E-state index in [0.29, 0.717) is 16.3 Å². The van der Waals surface area contributed by atoms with Gasteiger partial charge < -0.3 is 5.32 Å². The quantitative estimate of drug-likeness (QED) is 0.686. The molecule has 0 unspecified atom stereocenters. The van der Waals surface area contributed by atoms with Crippen LogP contribution in [-0.4, -0.2) is 13.4 Å². The summed E-state index contributed by atoms with van der Waals surface area (Å²) < 4.78 is 27.4. The Balaban J connectivity index is 1.77. The number of rotatable bonds is 5. The number of para-hydroxylation sites is 1. The monoisotopic (exact) mass is 373 g/mol. The highest BCUT2D eigenvalue weighted by molar-refractivity contribution is 7.92. The van der Waals surface area contributed by atoms with Crippen LogP contribution in [-0.2, 0) is 10.0 Å². The molecular formula is C18H16ClN3O2S. The second-order valence-corrected chi connectivity index (χ2v) is 7.47. The molecular weight excluding hydrogens is 358 g/mol. The van der Waals surface area contributed by atoms with Crippen LogP contribution in [0.3, 0.4) is 0 Å². The molecule has 2 N–H and O–H groups in total. The normalized spacial score (nSPS) is 11.1. The van der Waals surface area contributed by atoms with Crippen molar-refractivity contribution in [2.75, 3.05) is 10.0 Å². The van der Waals surface area contributed by atoms with Crippen LogP contribution in [0.25, 0.3) is 0 Å². The summed E-state index contributed by atoms with van der Waals surface area (Å²) in [6.07, 6.45) is 1.54. The molecule has 3 rings (SSSR count). The van der Waals surface area contributed by atoms with Crippen LogP contribution in [0.1, 0.15) is 5.56 Å². The molecule has 0 saturated heterocycles. The molecule has 1 heterocycles. The molecule has 1 aromatic heterocycles. The number of nitrogens with zero attached hydrogens (tertiary/aromatic N) is 1. The molecule has 0 bridgehead atoms. The van der Waals surface area contributed by atoms with Crippen LogP contribution < -0.4 is 10.0 Å². The van der Waals surface area contributed by atoms with Gasteiger partial charge in [-0.1, -0.05) is 41.9 Å². The molecule has 7 heteroatoms. The molecule has 0 aliphatic rings. The van der Waals surface area contributed by atoms with Gasteiger partial charge in [-0.3, -0.25) is 4.72 Å². The van der Waals surface area contributed by atoms with E-state index in [9.17, 15) is 8.42 Å². The first-order valence-electron chi connectivity index (χ1n) is 7.52. The van der Waals surface area contributed by atoms with E-state index in [4.69, 9.17) is 11.6 Å². The second kappa shape index (κ2) is 7.13. The number of hydrogen-bond acceptors (Lipinski definition) is 4. The zero-order valence-electron chi connectivity index (χ0n) is 13.4. The highest BCUT2D eigenvalue weighted by Gasteiger charge is 2.16. The molecule has 0 fully saturated rings. The van der Waals surface area contributed by atoms with Crippen molar-refractivity contribution in [3.63, 3.8) is 0 Å². The summed E-state index contributed by atoms with van der Waals surface area (Å²) in [5.41, 5.74) is 2.12. The van der Waals surface area contributed by atoms with Crippen molar-refractivity contribution in [2.45, 2.75) is 11.8 Å². The van der Waals surface area contributed by atoms with Crippen LogP contribution in [0.5, 0.6) is 0 Å². The molecule has 5 nitrogen and oxygen atoms in total. The van der Waals surface area contributed by atoms with Gasteiger partial charge in [0.1, 0.15) is 5.82 Å². The number of aryl methyl sites for hydroxylation is 1. The van der Waals surface area contributed by atoms with E-state index in [1.54, 1.807) is 55.6 Å². The third-order valence-electron chi connectivity index (χ3n) is 3.54. The van der Waals surface area contributed by atoms with E-state index in [2.05, 4.69) is 15.0 Å². The maximum atomic E-state index is 12.5. The Bertz CT molecular complexity index is 989. The van der Waals surface area contributed by atoms with Gasteiger partial charge in [-0.2, -0.15) is 0 Å². The number of pyridine rings is 1. The number of halogens is 1. The number of sulfonamides is 1. The maximum Gasteiger partial charge on any atom is 0.263 e. The Morgan fingerprint density at radius 2 is 1.68 bits per heavy atom. The minimum absolute atomic E-state index is 0.232. The molecule has 0 aliphatic carbocycles. The van der Waals surface area contributed by atoms with Gasteiger partial charge in [-0.05, 0) is 42.8 Å². The van der Waals surface area contributed by atoms with Gasteiger partial charge >= 0.3 is 0 Å². The fraction of sp³-hybridized carbons (Fsp3) is 0.0556. The summed E-state index contributed by atoms with van der Waals surface area (Å²) in [5, 5.41) is 3.72. The predicted octanol–water partition coefficient (Wildman–Crippen LogP) is 4.59. The van der Waals surface area contributed by atoms with Crippen molar-refractivity contribution in [3.8, 4) is 0 Å². The van der Waals surface area contributed by atoms with E-state index >= 15 is 0 Å². The fourth-order valence-electron chi connectivity index (χ4n) is 2.30. The van der Waals surface area contributed by atoms with E-state index in [0.717, 1.165) is 5.69 Å². The maximum absolute atomic E-state index is 12.5. The lowest BCUT2D eigenvalue weighted by Crippen LogP contribution is -2.15. The number of aromatic nitrogens is 1. The topological polar surface area (TPSA) is 71.1 Å². The van der Waals surface area contributed by atoms with Gasteiger partial charge in [0, 0.05) is 0 Å². The zero-order chi connectivity index (χ0) is 17.9. The molecule has 2 aromatic carbocycles. The highest BCUT2D eigenvalue weighted by atomic mass is 35.5. The summed E-state index contributed by atoms with van der Waals surface area (Å²) >= 11 is 6.10.